The normalized spacial score (nSPS) is 9.73. The largest absolute Gasteiger partial charge is 0.370 e. The summed E-state index contributed by atoms with van der Waals surface area (Å²) in [6, 6.07) is 0. The quantitative estimate of drug-likeness (QED) is 0.583. The molecule has 0 unspecified atom stereocenters. The van der Waals surface area contributed by atoms with E-state index in [1.807, 2.05) is 0 Å². The lowest BCUT2D eigenvalue weighted by Gasteiger charge is -1.84. The van der Waals surface area contributed by atoms with Crippen LogP contribution in [0, 0.1) is 0 Å². The van der Waals surface area contributed by atoms with Gasteiger partial charge in [-0.05, 0) is 0 Å². The third kappa shape index (κ3) is 26.6. The van der Waals surface area contributed by atoms with Crippen LogP contribution in [-0.4, -0.2) is 27.7 Å². The van der Waals surface area contributed by atoms with Gasteiger partial charge in [-0.3, -0.25) is 8.98 Å². The molecule has 0 aliphatic carbocycles. The second-order valence-corrected chi connectivity index (χ2v) is 3.43. The average Bonchev–Trinajstić information content (AvgIpc) is 1.88. The van der Waals surface area contributed by atoms with Gasteiger partial charge in [0.15, 0.2) is 0 Å². The van der Waals surface area contributed by atoms with Crippen molar-refractivity contribution in [2.45, 2.75) is 13.3 Å². The Balaban J connectivity index is 0. The summed E-state index contributed by atoms with van der Waals surface area (Å²) in [5.74, 6) is -0.245. The Morgan fingerprint density at radius 3 is 1.73 bits per heavy atom. The maximum atomic E-state index is 9.78. The summed E-state index contributed by atoms with van der Waals surface area (Å²) in [7, 11) is -2.04. The van der Waals surface area contributed by atoms with E-state index in [2.05, 4.69) is 9.92 Å². The lowest BCUT2D eigenvalue weighted by molar-refractivity contribution is -0.117. The van der Waals surface area contributed by atoms with Gasteiger partial charge in [0.25, 0.3) is 10.1 Å². The predicted octanol–water partition coefficient (Wildman–Crippen LogP) is -0.526. The first kappa shape index (κ1) is 13.0. The van der Waals surface area contributed by atoms with Gasteiger partial charge in [-0.25, -0.2) is 0 Å². The zero-order valence-corrected chi connectivity index (χ0v) is 7.64. The van der Waals surface area contributed by atoms with Gasteiger partial charge in [0.05, 0.1) is 13.4 Å². The molecule has 0 heterocycles. The van der Waals surface area contributed by atoms with E-state index in [1.54, 1.807) is 6.92 Å². The Hall–Kier alpha value is -0.620. The molecule has 1 amide bonds. The molecule has 0 aliphatic heterocycles. The highest BCUT2D eigenvalue weighted by molar-refractivity contribution is 7.85. The van der Waals surface area contributed by atoms with Crippen molar-refractivity contribution < 1.29 is 17.4 Å². The second kappa shape index (κ2) is 6.11. The summed E-state index contributed by atoms with van der Waals surface area (Å²) in [5.41, 5.74) is 4.65. The highest BCUT2D eigenvalue weighted by Crippen LogP contribution is 1.75. The minimum Gasteiger partial charge on any atom is -0.370 e. The minimum absolute atomic E-state index is 0.245. The number of nitrogens with two attached hydrogens (primary N) is 1. The molecule has 2 N–H and O–H groups in total. The Morgan fingerprint density at radius 1 is 1.55 bits per heavy atom. The molecule has 0 rings (SSSR count). The van der Waals surface area contributed by atoms with Crippen molar-refractivity contribution in [1.29, 1.82) is 0 Å². The van der Waals surface area contributed by atoms with E-state index in [0.29, 0.717) is 6.42 Å². The smallest absolute Gasteiger partial charge is 0.264 e. The third-order valence-electron chi connectivity index (χ3n) is 0.651. The molecule has 0 bridgehead atoms. The van der Waals surface area contributed by atoms with E-state index in [0.717, 1.165) is 13.4 Å². The van der Waals surface area contributed by atoms with Crippen molar-refractivity contribution in [2.24, 2.45) is 5.73 Å². The standard InChI is InChI=1S/C3H7NO.C2H6O3S/c1-2-3(4)5;1-5-6(2,3)4/h2H2,1H3,(H2,4,5);1-2H3. The molecule has 0 atom stereocenters. The van der Waals surface area contributed by atoms with Gasteiger partial charge >= 0.3 is 0 Å². The number of hydrogen-bond acceptors (Lipinski definition) is 4. The molecule has 6 heteroatoms. The molecule has 0 radical (unpaired) electrons. The first-order chi connectivity index (χ1) is 4.83. The van der Waals surface area contributed by atoms with Gasteiger partial charge in [0.1, 0.15) is 0 Å². The van der Waals surface area contributed by atoms with Gasteiger partial charge in [0.2, 0.25) is 5.91 Å². The zero-order chi connectivity index (χ0) is 9.49. The zero-order valence-electron chi connectivity index (χ0n) is 6.83. The van der Waals surface area contributed by atoms with Crippen molar-refractivity contribution in [1.82, 2.24) is 0 Å². The lowest BCUT2D eigenvalue weighted by atomic mass is 10.5. The summed E-state index contributed by atoms with van der Waals surface area (Å²) in [6.07, 6.45) is 1.44. The number of primary amides is 1. The monoisotopic (exact) mass is 183 g/mol. The van der Waals surface area contributed by atoms with Crippen LogP contribution in [0.4, 0.5) is 0 Å². The number of hydrogen-bond donors (Lipinski definition) is 1. The molecule has 5 nitrogen and oxygen atoms in total. The summed E-state index contributed by atoms with van der Waals surface area (Å²) in [4.78, 5) is 9.59. The van der Waals surface area contributed by atoms with Gasteiger partial charge in [0, 0.05) is 6.42 Å². The van der Waals surface area contributed by atoms with Gasteiger partial charge in [-0.15, -0.1) is 0 Å². The molecule has 0 spiro atoms. The Labute approximate surface area is 66.7 Å². The van der Waals surface area contributed by atoms with Crippen LogP contribution in [0.25, 0.3) is 0 Å². The van der Waals surface area contributed by atoms with E-state index in [1.165, 1.54) is 0 Å². The fourth-order valence-electron chi connectivity index (χ4n) is 0. The highest BCUT2D eigenvalue weighted by Gasteiger charge is 1.90. The van der Waals surface area contributed by atoms with Crippen LogP contribution >= 0.6 is 0 Å². The fourth-order valence-corrected chi connectivity index (χ4v) is 0. The number of carbonyl (C=O) groups excluding carboxylic acids is 1. The van der Waals surface area contributed by atoms with Crippen molar-refractivity contribution in [2.75, 3.05) is 13.4 Å². The van der Waals surface area contributed by atoms with E-state index in [4.69, 9.17) is 0 Å². The Bertz CT molecular complexity index is 197. The number of carbonyl (C=O) groups is 1. The van der Waals surface area contributed by atoms with Crippen LogP contribution in [0.3, 0.4) is 0 Å². The molecule has 11 heavy (non-hydrogen) atoms. The predicted molar refractivity (Wildman–Crippen MR) is 41.3 cm³/mol. The topological polar surface area (TPSA) is 86.5 Å². The SMILES string of the molecule is CCC(N)=O.COS(C)(=O)=O. The molecule has 68 valence electrons. The Morgan fingerprint density at radius 2 is 1.73 bits per heavy atom. The molecule has 0 aromatic carbocycles. The van der Waals surface area contributed by atoms with Crippen LogP contribution in [0.5, 0.6) is 0 Å². The van der Waals surface area contributed by atoms with Crippen LogP contribution in [0.2, 0.25) is 0 Å². The van der Waals surface area contributed by atoms with Crippen LogP contribution in [0.1, 0.15) is 13.3 Å². The van der Waals surface area contributed by atoms with E-state index < -0.39 is 10.1 Å². The van der Waals surface area contributed by atoms with Gasteiger partial charge in [-0.2, -0.15) is 8.42 Å². The third-order valence-corrected chi connectivity index (χ3v) is 1.26. The molecule has 0 saturated carbocycles. The molecule has 0 fully saturated rings. The lowest BCUT2D eigenvalue weighted by Crippen LogP contribution is -2.06. The van der Waals surface area contributed by atoms with Crippen LogP contribution < -0.4 is 5.73 Å². The van der Waals surface area contributed by atoms with Crippen molar-refractivity contribution in [3.63, 3.8) is 0 Å². The van der Waals surface area contributed by atoms with E-state index in [9.17, 15) is 13.2 Å². The van der Waals surface area contributed by atoms with Crippen molar-refractivity contribution >= 4 is 16.0 Å². The summed E-state index contributed by atoms with van der Waals surface area (Å²) >= 11 is 0. The number of amides is 1. The molecular weight excluding hydrogens is 170 g/mol. The molecule has 0 aromatic heterocycles. The second-order valence-electron chi connectivity index (χ2n) is 1.69. The van der Waals surface area contributed by atoms with Gasteiger partial charge in [-0.1, -0.05) is 6.92 Å². The molecule has 0 aliphatic rings. The van der Waals surface area contributed by atoms with E-state index in [-0.39, 0.29) is 5.91 Å². The first-order valence-corrected chi connectivity index (χ1v) is 4.69. The minimum atomic E-state index is -3.16. The van der Waals surface area contributed by atoms with Crippen molar-refractivity contribution in [3.05, 3.63) is 0 Å². The molecular formula is C5H13NO4S. The Kier molecular flexibility index (Phi) is 7.23. The van der Waals surface area contributed by atoms with Crippen LogP contribution in [-0.2, 0) is 19.1 Å². The summed E-state index contributed by atoms with van der Waals surface area (Å²) in [6.45, 7) is 1.72. The first-order valence-electron chi connectivity index (χ1n) is 2.87. The molecule has 0 aromatic rings. The average molecular weight is 183 g/mol. The van der Waals surface area contributed by atoms with Gasteiger partial charge < -0.3 is 5.73 Å². The highest BCUT2D eigenvalue weighted by atomic mass is 32.2. The maximum absolute atomic E-state index is 9.78. The number of rotatable bonds is 2. The summed E-state index contributed by atoms with van der Waals surface area (Å²) < 4.78 is 23.5. The van der Waals surface area contributed by atoms with Crippen molar-refractivity contribution in [3.8, 4) is 0 Å². The fraction of sp³-hybridized carbons (Fsp3) is 0.800. The maximum Gasteiger partial charge on any atom is 0.264 e. The van der Waals surface area contributed by atoms with Crippen LogP contribution in [0.15, 0.2) is 0 Å². The van der Waals surface area contributed by atoms with E-state index >= 15 is 0 Å². The molecule has 0 saturated heterocycles. The summed E-state index contributed by atoms with van der Waals surface area (Å²) in [5, 5.41) is 0.